The van der Waals surface area contributed by atoms with Gasteiger partial charge in [-0.05, 0) is 39.8 Å². The molecule has 7 heteroatoms. The molecule has 1 unspecified atom stereocenters. The fourth-order valence-electron chi connectivity index (χ4n) is 3.27. The number of likely N-dealkylation sites (N-methyl/N-ethyl adjacent to an activating group) is 1. The number of carbonyl (C=O) groups is 1. The van der Waals surface area contributed by atoms with Gasteiger partial charge in [0, 0.05) is 37.4 Å². The number of rotatable bonds is 3. The van der Waals surface area contributed by atoms with Crippen LogP contribution < -0.4 is 5.32 Å². The van der Waals surface area contributed by atoms with Gasteiger partial charge in [0.05, 0.1) is 11.4 Å². The number of aromatic nitrogens is 4. The summed E-state index contributed by atoms with van der Waals surface area (Å²) in [5, 5.41) is 14.9. The fraction of sp³-hybridized carbons (Fsp3) is 0.562. The second kappa shape index (κ2) is 6.16. The molecule has 1 aliphatic heterocycles. The van der Waals surface area contributed by atoms with Crippen LogP contribution in [0.3, 0.4) is 0 Å². The number of nitrogens with zero attached hydrogens (tertiary/aromatic N) is 4. The smallest absolute Gasteiger partial charge is 0.271 e. The number of H-pyrrole nitrogens is 1. The molecule has 0 aromatic carbocycles. The molecule has 1 atom stereocenters. The summed E-state index contributed by atoms with van der Waals surface area (Å²) in [4.78, 5) is 14.6. The molecule has 7 nitrogen and oxygen atoms in total. The zero-order valence-corrected chi connectivity index (χ0v) is 14.2. The number of carbonyl (C=O) groups excluding carboxylic acids is 1. The number of aromatic amines is 1. The number of hydrogen-bond acceptors (Lipinski definition) is 4. The Morgan fingerprint density at radius 1 is 1.43 bits per heavy atom. The lowest BCUT2D eigenvalue weighted by Gasteiger charge is -2.32. The summed E-state index contributed by atoms with van der Waals surface area (Å²) in [7, 11) is 3.86. The molecule has 1 fully saturated rings. The Kier molecular flexibility index (Phi) is 4.21. The highest BCUT2D eigenvalue weighted by atomic mass is 16.2. The summed E-state index contributed by atoms with van der Waals surface area (Å²) >= 11 is 0. The zero-order chi connectivity index (χ0) is 16.6. The molecule has 3 rings (SSSR count). The summed E-state index contributed by atoms with van der Waals surface area (Å²) in [6.45, 7) is 5.51. The van der Waals surface area contributed by atoms with Gasteiger partial charge in [0.2, 0.25) is 0 Å². The van der Waals surface area contributed by atoms with E-state index in [0.717, 1.165) is 48.6 Å². The molecule has 0 spiro atoms. The van der Waals surface area contributed by atoms with Gasteiger partial charge in [-0.1, -0.05) is 0 Å². The molecule has 124 valence electrons. The first-order chi connectivity index (χ1) is 11.0. The van der Waals surface area contributed by atoms with Crippen LogP contribution in [0.4, 0.5) is 0 Å². The molecule has 2 aromatic heterocycles. The Bertz CT molecular complexity index is 716. The van der Waals surface area contributed by atoms with Gasteiger partial charge in [-0.15, -0.1) is 0 Å². The lowest BCUT2D eigenvalue weighted by molar-refractivity contribution is 0.0692. The third-order valence-electron chi connectivity index (χ3n) is 4.69. The van der Waals surface area contributed by atoms with E-state index < -0.39 is 0 Å². The molecule has 0 aliphatic carbocycles. The minimum Gasteiger partial charge on any atom is -0.336 e. The van der Waals surface area contributed by atoms with Crippen LogP contribution in [0.2, 0.25) is 0 Å². The summed E-state index contributed by atoms with van der Waals surface area (Å²) in [6.07, 6.45) is 2.14. The van der Waals surface area contributed by atoms with E-state index in [1.165, 1.54) is 0 Å². The van der Waals surface area contributed by atoms with Crippen LogP contribution in [0, 0.1) is 13.8 Å². The Morgan fingerprint density at radius 2 is 2.22 bits per heavy atom. The number of nitrogens with one attached hydrogen (secondary N) is 2. The maximum absolute atomic E-state index is 12.7. The predicted octanol–water partition coefficient (Wildman–Crippen LogP) is 1.25. The topological polar surface area (TPSA) is 78.8 Å². The van der Waals surface area contributed by atoms with Crippen LogP contribution in [0.25, 0.3) is 11.3 Å². The van der Waals surface area contributed by atoms with Gasteiger partial charge in [0.15, 0.2) is 0 Å². The van der Waals surface area contributed by atoms with Gasteiger partial charge in [-0.25, -0.2) is 0 Å². The highest BCUT2D eigenvalue weighted by Crippen LogP contribution is 2.25. The predicted molar refractivity (Wildman–Crippen MR) is 88.2 cm³/mol. The summed E-state index contributed by atoms with van der Waals surface area (Å²) in [6, 6.07) is 2.21. The number of amides is 1. The number of hydrogen-bond donors (Lipinski definition) is 2. The first-order valence-electron chi connectivity index (χ1n) is 8.03. The SMILES string of the molecule is CNC1CCCN(C(=O)c2cc(-c3c(C)nn(C)c3C)n[nH]2)C1. The highest BCUT2D eigenvalue weighted by Gasteiger charge is 2.25. The molecule has 23 heavy (non-hydrogen) atoms. The highest BCUT2D eigenvalue weighted by molar-refractivity contribution is 5.93. The molecule has 0 saturated carbocycles. The first-order valence-corrected chi connectivity index (χ1v) is 8.03. The Balaban J connectivity index is 1.83. The van der Waals surface area contributed by atoms with Crippen molar-refractivity contribution in [2.24, 2.45) is 7.05 Å². The average molecular weight is 316 g/mol. The Hall–Kier alpha value is -2.15. The van der Waals surface area contributed by atoms with Gasteiger partial charge < -0.3 is 10.2 Å². The van der Waals surface area contributed by atoms with E-state index in [1.807, 2.05) is 43.6 Å². The minimum atomic E-state index is 0.0166. The van der Waals surface area contributed by atoms with Crippen LogP contribution in [-0.4, -0.2) is 57.0 Å². The summed E-state index contributed by atoms with van der Waals surface area (Å²) in [5.41, 5.74) is 4.28. The normalized spacial score (nSPS) is 18.4. The maximum atomic E-state index is 12.7. The summed E-state index contributed by atoms with van der Waals surface area (Å²) in [5.74, 6) is 0.0166. The molecule has 1 saturated heterocycles. The molecule has 0 radical (unpaired) electrons. The Morgan fingerprint density at radius 3 is 2.87 bits per heavy atom. The van der Waals surface area contributed by atoms with Crippen molar-refractivity contribution in [2.75, 3.05) is 20.1 Å². The van der Waals surface area contributed by atoms with E-state index in [-0.39, 0.29) is 5.91 Å². The van der Waals surface area contributed by atoms with Gasteiger partial charge in [-0.3, -0.25) is 14.6 Å². The van der Waals surface area contributed by atoms with Crippen molar-refractivity contribution in [3.8, 4) is 11.3 Å². The van der Waals surface area contributed by atoms with E-state index in [9.17, 15) is 4.79 Å². The van der Waals surface area contributed by atoms with Gasteiger partial charge in [0.1, 0.15) is 5.69 Å². The lowest BCUT2D eigenvalue weighted by atomic mass is 10.1. The van der Waals surface area contributed by atoms with E-state index >= 15 is 0 Å². The molecular weight excluding hydrogens is 292 g/mol. The van der Waals surface area contributed by atoms with Crippen LogP contribution in [0.5, 0.6) is 0 Å². The van der Waals surface area contributed by atoms with Crippen LogP contribution in [-0.2, 0) is 7.05 Å². The molecule has 2 N–H and O–H groups in total. The largest absolute Gasteiger partial charge is 0.336 e. The average Bonchev–Trinajstić information content (AvgIpc) is 3.12. The van der Waals surface area contributed by atoms with Crippen LogP contribution in [0.15, 0.2) is 6.07 Å². The van der Waals surface area contributed by atoms with Crippen LogP contribution in [0.1, 0.15) is 34.7 Å². The molecule has 3 heterocycles. The fourth-order valence-corrected chi connectivity index (χ4v) is 3.27. The second-order valence-electron chi connectivity index (χ2n) is 6.22. The monoisotopic (exact) mass is 316 g/mol. The second-order valence-corrected chi connectivity index (χ2v) is 6.22. The van der Waals surface area contributed by atoms with Crippen molar-refractivity contribution in [3.05, 3.63) is 23.1 Å². The van der Waals surface area contributed by atoms with Crippen LogP contribution >= 0.6 is 0 Å². The first kappa shape index (κ1) is 15.7. The molecule has 0 bridgehead atoms. The van der Waals surface area contributed by atoms with Crippen molar-refractivity contribution in [2.45, 2.75) is 32.7 Å². The molecular formula is C16H24N6O. The quantitative estimate of drug-likeness (QED) is 0.893. The van der Waals surface area contributed by atoms with Gasteiger partial charge in [-0.2, -0.15) is 10.2 Å². The molecule has 1 aliphatic rings. The van der Waals surface area contributed by atoms with Crippen molar-refractivity contribution < 1.29 is 4.79 Å². The number of aryl methyl sites for hydroxylation is 2. The van der Waals surface area contributed by atoms with E-state index in [0.29, 0.717) is 11.7 Å². The standard InChI is InChI=1S/C16H24N6O/c1-10-15(11(2)21(4)20-10)13-8-14(19-18-13)16(23)22-7-5-6-12(9-22)17-3/h8,12,17H,5-7,9H2,1-4H3,(H,18,19). The third kappa shape index (κ3) is 2.88. The number of likely N-dealkylation sites (tertiary alicyclic amines) is 1. The van der Waals surface area contributed by atoms with Gasteiger partial charge >= 0.3 is 0 Å². The van der Waals surface area contributed by atoms with Crippen molar-refractivity contribution >= 4 is 5.91 Å². The van der Waals surface area contributed by atoms with Gasteiger partial charge in [0.25, 0.3) is 5.91 Å². The van der Waals surface area contributed by atoms with E-state index in [2.05, 4.69) is 20.6 Å². The van der Waals surface area contributed by atoms with E-state index in [1.54, 1.807) is 0 Å². The van der Waals surface area contributed by atoms with Crippen molar-refractivity contribution in [1.29, 1.82) is 0 Å². The maximum Gasteiger partial charge on any atom is 0.271 e. The molecule has 2 aromatic rings. The Labute approximate surface area is 136 Å². The minimum absolute atomic E-state index is 0.0166. The van der Waals surface area contributed by atoms with Crippen molar-refractivity contribution in [1.82, 2.24) is 30.2 Å². The van der Waals surface area contributed by atoms with E-state index in [4.69, 9.17) is 0 Å². The lowest BCUT2D eigenvalue weighted by Crippen LogP contribution is -2.47. The third-order valence-corrected chi connectivity index (χ3v) is 4.69. The number of piperidine rings is 1. The zero-order valence-electron chi connectivity index (χ0n) is 14.2. The van der Waals surface area contributed by atoms with Crippen molar-refractivity contribution in [3.63, 3.8) is 0 Å². The molecule has 1 amide bonds. The summed E-state index contributed by atoms with van der Waals surface area (Å²) < 4.78 is 1.84.